The SMILES string of the molecule is O=C1CCCN1c1ccc(S(=O)(=O)Nc2ccc3[nH]c(=O)sc3c2)cc1. The average Bonchev–Trinajstić information content (AvgIpc) is 3.19. The van der Waals surface area contributed by atoms with E-state index in [9.17, 15) is 18.0 Å². The third-order valence-corrected chi connectivity index (χ3v) is 6.45. The molecule has 0 saturated carbocycles. The molecule has 0 radical (unpaired) electrons. The lowest BCUT2D eigenvalue weighted by Crippen LogP contribution is -2.23. The molecule has 2 aromatic carbocycles. The van der Waals surface area contributed by atoms with Crippen LogP contribution in [0.1, 0.15) is 12.8 Å². The number of aromatic nitrogens is 1. The fourth-order valence-corrected chi connectivity index (χ4v) is 4.77. The summed E-state index contributed by atoms with van der Waals surface area (Å²) in [6.07, 6.45) is 1.34. The minimum Gasteiger partial charge on any atom is -0.312 e. The van der Waals surface area contributed by atoms with E-state index in [0.29, 0.717) is 34.6 Å². The summed E-state index contributed by atoms with van der Waals surface area (Å²) in [6.45, 7) is 0.655. The molecule has 1 aliphatic heterocycles. The van der Waals surface area contributed by atoms with Crippen LogP contribution in [0.15, 0.2) is 52.2 Å². The highest BCUT2D eigenvalue weighted by atomic mass is 32.2. The van der Waals surface area contributed by atoms with Gasteiger partial charge in [-0.2, -0.15) is 0 Å². The Morgan fingerprint density at radius 3 is 2.54 bits per heavy atom. The number of nitrogens with one attached hydrogen (secondary N) is 2. The van der Waals surface area contributed by atoms with E-state index in [1.165, 1.54) is 12.1 Å². The number of rotatable bonds is 4. The van der Waals surface area contributed by atoms with Gasteiger partial charge in [-0.05, 0) is 48.9 Å². The number of benzene rings is 2. The van der Waals surface area contributed by atoms with Crippen molar-refractivity contribution in [3.63, 3.8) is 0 Å². The summed E-state index contributed by atoms with van der Waals surface area (Å²) in [5.74, 6) is 0.0533. The highest BCUT2D eigenvalue weighted by Crippen LogP contribution is 2.25. The Morgan fingerprint density at radius 1 is 1.08 bits per heavy atom. The molecule has 0 atom stereocenters. The van der Waals surface area contributed by atoms with Gasteiger partial charge in [0.1, 0.15) is 0 Å². The van der Waals surface area contributed by atoms with E-state index >= 15 is 0 Å². The zero-order valence-corrected chi connectivity index (χ0v) is 15.2. The van der Waals surface area contributed by atoms with Crippen molar-refractivity contribution in [2.45, 2.75) is 17.7 Å². The molecule has 26 heavy (non-hydrogen) atoms. The summed E-state index contributed by atoms with van der Waals surface area (Å²) in [5.41, 5.74) is 1.75. The Balaban J connectivity index is 1.59. The van der Waals surface area contributed by atoms with Crippen molar-refractivity contribution in [1.82, 2.24) is 4.98 Å². The van der Waals surface area contributed by atoms with Gasteiger partial charge in [-0.1, -0.05) is 11.3 Å². The number of H-pyrrole nitrogens is 1. The van der Waals surface area contributed by atoms with E-state index in [-0.39, 0.29) is 15.7 Å². The van der Waals surface area contributed by atoms with E-state index < -0.39 is 10.0 Å². The number of nitrogens with zero attached hydrogens (tertiary/aromatic N) is 1. The van der Waals surface area contributed by atoms with Gasteiger partial charge in [0, 0.05) is 18.7 Å². The molecule has 1 aliphatic rings. The summed E-state index contributed by atoms with van der Waals surface area (Å²) in [5, 5.41) is 0. The van der Waals surface area contributed by atoms with Crippen LogP contribution in [-0.2, 0) is 14.8 Å². The van der Waals surface area contributed by atoms with E-state index in [1.807, 2.05) is 0 Å². The lowest BCUT2D eigenvalue weighted by atomic mass is 10.3. The topological polar surface area (TPSA) is 99.3 Å². The fourth-order valence-electron chi connectivity index (χ4n) is 2.95. The van der Waals surface area contributed by atoms with Crippen LogP contribution >= 0.6 is 11.3 Å². The van der Waals surface area contributed by atoms with E-state index in [0.717, 1.165) is 17.8 Å². The Labute approximate surface area is 153 Å². The van der Waals surface area contributed by atoms with Gasteiger partial charge in [0.05, 0.1) is 20.8 Å². The molecule has 134 valence electrons. The lowest BCUT2D eigenvalue weighted by Gasteiger charge is -2.16. The molecule has 0 unspecified atom stereocenters. The Hall–Kier alpha value is -2.65. The van der Waals surface area contributed by atoms with Crippen LogP contribution in [0.2, 0.25) is 0 Å². The maximum atomic E-state index is 12.6. The van der Waals surface area contributed by atoms with Crippen molar-refractivity contribution >= 4 is 48.9 Å². The monoisotopic (exact) mass is 389 g/mol. The van der Waals surface area contributed by atoms with Gasteiger partial charge < -0.3 is 9.88 Å². The Bertz CT molecular complexity index is 1150. The van der Waals surface area contributed by atoms with E-state index in [4.69, 9.17) is 0 Å². The third-order valence-electron chi connectivity index (χ3n) is 4.21. The van der Waals surface area contributed by atoms with Crippen molar-refractivity contribution < 1.29 is 13.2 Å². The number of sulfonamides is 1. The van der Waals surface area contributed by atoms with Crippen LogP contribution in [0.5, 0.6) is 0 Å². The van der Waals surface area contributed by atoms with Crippen LogP contribution in [0, 0.1) is 0 Å². The quantitative estimate of drug-likeness (QED) is 0.716. The van der Waals surface area contributed by atoms with Gasteiger partial charge in [0.25, 0.3) is 10.0 Å². The first kappa shape index (κ1) is 16.8. The average molecular weight is 389 g/mol. The van der Waals surface area contributed by atoms with Crippen molar-refractivity contribution in [2.24, 2.45) is 0 Å². The van der Waals surface area contributed by atoms with Crippen LogP contribution in [0.25, 0.3) is 10.2 Å². The lowest BCUT2D eigenvalue weighted by molar-refractivity contribution is -0.117. The van der Waals surface area contributed by atoms with Gasteiger partial charge in [0.15, 0.2) is 0 Å². The van der Waals surface area contributed by atoms with Gasteiger partial charge in [-0.15, -0.1) is 0 Å². The molecule has 4 rings (SSSR count). The molecule has 1 saturated heterocycles. The molecule has 1 fully saturated rings. The third kappa shape index (κ3) is 3.11. The minimum absolute atomic E-state index is 0.0533. The first-order valence-corrected chi connectivity index (χ1v) is 10.3. The molecular formula is C17H15N3O4S2. The zero-order chi connectivity index (χ0) is 18.3. The predicted octanol–water partition coefficient (Wildman–Crippen LogP) is 2.52. The molecule has 7 nitrogen and oxygen atoms in total. The first-order valence-electron chi connectivity index (χ1n) is 7.98. The number of hydrogen-bond acceptors (Lipinski definition) is 5. The molecular weight excluding hydrogens is 374 g/mol. The number of carbonyl (C=O) groups is 1. The highest BCUT2D eigenvalue weighted by Gasteiger charge is 2.22. The van der Waals surface area contributed by atoms with E-state index in [1.54, 1.807) is 35.2 Å². The van der Waals surface area contributed by atoms with Crippen LogP contribution < -0.4 is 14.5 Å². The van der Waals surface area contributed by atoms with Gasteiger partial charge >= 0.3 is 4.87 Å². The van der Waals surface area contributed by atoms with Crippen molar-refractivity contribution in [3.8, 4) is 0 Å². The normalized spacial score (nSPS) is 14.9. The van der Waals surface area contributed by atoms with Gasteiger partial charge in [-0.3, -0.25) is 14.3 Å². The number of anilines is 2. The second kappa shape index (κ2) is 6.26. The summed E-state index contributed by atoms with van der Waals surface area (Å²) in [7, 11) is -3.77. The standard InChI is InChI=1S/C17H15N3O4S2/c21-16-2-1-9-20(16)12-4-6-13(7-5-12)26(23,24)19-11-3-8-14-15(10-11)25-17(22)18-14/h3-8,10,19H,1-2,9H2,(H,18,22). The maximum Gasteiger partial charge on any atom is 0.305 e. The molecule has 2 heterocycles. The van der Waals surface area contributed by atoms with E-state index in [2.05, 4.69) is 9.71 Å². The number of carbonyl (C=O) groups excluding carboxylic acids is 1. The molecule has 0 bridgehead atoms. The molecule has 9 heteroatoms. The number of fused-ring (bicyclic) bond motifs is 1. The molecule has 2 N–H and O–H groups in total. The molecule has 0 spiro atoms. The highest BCUT2D eigenvalue weighted by molar-refractivity contribution is 7.92. The Morgan fingerprint density at radius 2 is 1.85 bits per heavy atom. The Kier molecular flexibility index (Phi) is 4.04. The molecule has 1 aromatic heterocycles. The van der Waals surface area contributed by atoms with Crippen molar-refractivity contribution in [2.75, 3.05) is 16.2 Å². The summed E-state index contributed by atoms with van der Waals surface area (Å²) in [6, 6.07) is 11.1. The minimum atomic E-state index is -3.77. The summed E-state index contributed by atoms with van der Waals surface area (Å²) < 4.78 is 28.4. The van der Waals surface area contributed by atoms with Crippen LogP contribution in [-0.4, -0.2) is 25.9 Å². The zero-order valence-electron chi connectivity index (χ0n) is 13.6. The van der Waals surface area contributed by atoms with Gasteiger partial charge in [0.2, 0.25) is 5.91 Å². The number of aromatic amines is 1. The maximum absolute atomic E-state index is 12.6. The molecule has 1 amide bonds. The predicted molar refractivity (Wildman–Crippen MR) is 101 cm³/mol. The summed E-state index contributed by atoms with van der Waals surface area (Å²) in [4.78, 5) is 27.4. The first-order chi connectivity index (χ1) is 12.4. The number of thiazole rings is 1. The van der Waals surface area contributed by atoms with Gasteiger partial charge in [-0.25, -0.2) is 8.42 Å². The van der Waals surface area contributed by atoms with Crippen molar-refractivity contribution in [1.29, 1.82) is 0 Å². The fraction of sp³-hybridized carbons (Fsp3) is 0.176. The second-order valence-corrected chi connectivity index (χ2v) is 8.67. The smallest absolute Gasteiger partial charge is 0.305 e. The number of hydrogen-bond donors (Lipinski definition) is 2. The van der Waals surface area contributed by atoms with Crippen LogP contribution in [0.3, 0.4) is 0 Å². The second-order valence-electron chi connectivity index (χ2n) is 5.97. The summed E-state index contributed by atoms with van der Waals surface area (Å²) >= 11 is 1.02. The van der Waals surface area contributed by atoms with Crippen LogP contribution in [0.4, 0.5) is 11.4 Å². The number of amides is 1. The largest absolute Gasteiger partial charge is 0.312 e. The molecule has 0 aliphatic carbocycles. The molecule has 3 aromatic rings. The van der Waals surface area contributed by atoms with Crippen molar-refractivity contribution in [3.05, 3.63) is 52.1 Å².